The maximum atomic E-state index is 13.6. The number of hydrogen-bond acceptors (Lipinski definition) is 7. The van der Waals surface area contributed by atoms with Gasteiger partial charge in [-0.3, -0.25) is 9.59 Å². The second-order valence-corrected chi connectivity index (χ2v) is 8.27. The van der Waals surface area contributed by atoms with Crippen LogP contribution in [-0.2, 0) is 23.9 Å². The number of hydrogen-bond donors (Lipinski definition) is 1. The maximum absolute atomic E-state index is 13.6. The number of benzene rings is 1. The fourth-order valence-corrected chi connectivity index (χ4v) is 4.38. The quantitative estimate of drug-likeness (QED) is 0.570. The lowest BCUT2D eigenvalue weighted by molar-refractivity contribution is -0.151. The average molecular weight is 427 g/mol. The third-order valence-corrected chi connectivity index (χ3v) is 5.73. The highest BCUT2D eigenvalue weighted by atomic mass is 16.5. The molecule has 3 rings (SSSR count). The topological polar surface area (TPSA) is 90.9 Å². The Labute approximate surface area is 182 Å². The number of ether oxygens (including phenoxy) is 3. The number of nitrogens with one attached hydrogen (secondary N) is 1. The van der Waals surface area contributed by atoms with Crippen molar-refractivity contribution in [2.24, 2.45) is 11.8 Å². The first kappa shape index (κ1) is 22.6. The van der Waals surface area contributed by atoms with Crippen LogP contribution >= 0.6 is 0 Å². The van der Waals surface area contributed by atoms with Crippen LogP contribution in [0.1, 0.15) is 45.6 Å². The van der Waals surface area contributed by atoms with Gasteiger partial charge in [0.15, 0.2) is 5.78 Å². The van der Waals surface area contributed by atoms with Crippen molar-refractivity contribution in [2.45, 2.75) is 46.1 Å². The maximum Gasteiger partial charge on any atom is 0.337 e. The van der Waals surface area contributed by atoms with E-state index in [9.17, 15) is 14.4 Å². The van der Waals surface area contributed by atoms with Crippen LogP contribution in [0.25, 0.3) is 0 Å². The predicted octanol–water partition coefficient (Wildman–Crippen LogP) is 3.26. The first-order chi connectivity index (χ1) is 14.7. The second kappa shape index (κ2) is 8.96. The zero-order valence-corrected chi connectivity index (χ0v) is 18.8. The summed E-state index contributed by atoms with van der Waals surface area (Å²) in [6.45, 7) is 7.20. The Morgan fingerprint density at radius 2 is 1.90 bits per heavy atom. The van der Waals surface area contributed by atoms with Crippen LogP contribution in [0.5, 0.6) is 5.75 Å². The van der Waals surface area contributed by atoms with Gasteiger partial charge in [0.1, 0.15) is 11.7 Å². The molecule has 0 spiro atoms. The lowest BCUT2D eigenvalue weighted by Crippen LogP contribution is -2.43. The van der Waals surface area contributed by atoms with Gasteiger partial charge >= 0.3 is 11.9 Å². The van der Waals surface area contributed by atoms with Crippen molar-refractivity contribution in [1.82, 2.24) is 5.32 Å². The van der Waals surface area contributed by atoms with Crippen LogP contribution in [0.4, 0.5) is 0 Å². The van der Waals surface area contributed by atoms with Gasteiger partial charge in [0.25, 0.3) is 0 Å². The number of carbonyl (C=O) groups is 3. The van der Waals surface area contributed by atoms with Crippen molar-refractivity contribution in [3.8, 4) is 5.75 Å². The number of dihydropyridines is 1. The summed E-state index contributed by atoms with van der Waals surface area (Å²) in [5.41, 5.74) is 2.84. The monoisotopic (exact) mass is 427 g/mol. The summed E-state index contributed by atoms with van der Waals surface area (Å²) in [5, 5.41) is 3.24. The molecule has 3 atom stereocenters. The number of ketones is 1. The normalized spacial score (nSPS) is 23.3. The average Bonchev–Trinajstić information content (AvgIpc) is 2.71. The lowest BCUT2D eigenvalue weighted by Gasteiger charge is -2.38. The SMILES string of the molecule is COC(=O)[C@@H]1C(=O)C2=C(C[C@@H]1C)NC(C)=C(C(=O)OC(C)C)[C@H]2c1cccc(OC)c1. The molecule has 31 heavy (non-hydrogen) atoms. The lowest BCUT2D eigenvalue weighted by atomic mass is 9.69. The summed E-state index contributed by atoms with van der Waals surface area (Å²) in [7, 11) is 2.84. The van der Waals surface area contributed by atoms with E-state index in [4.69, 9.17) is 14.2 Å². The van der Waals surface area contributed by atoms with E-state index in [1.54, 1.807) is 40.0 Å². The van der Waals surface area contributed by atoms with Crippen molar-refractivity contribution in [2.75, 3.05) is 14.2 Å². The molecule has 0 aromatic heterocycles. The molecule has 0 unspecified atom stereocenters. The first-order valence-electron chi connectivity index (χ1n) is 10.4. The predicted molar refractivity (Wildman–Crippen MR) is 114 cm³/mol. The Bertz CT molecular complexity index is 974. The summed E-state index contributed by atoms with van der Waals surface area (Å²) in [6.07, 6.45) is 0.171. The number of carbonyl (C=O) groups excluding carboxylic acids is 3. The molecule has 1 N–H and O–H groups in total. The van der Waals surface area contributed by atoms with E-state index < -0.39 is 23.8 Å². The Morgan fingerprint density at radius 1 is 1.19 bits per heavy atom. The third-order valence-electron chi connectivity index (χ3n) is 5.73. The van der Waals surface area contributed by atoms with Crippen LogP contribution < -0.4 is 10.1 Å². The number of methoxy groups -OCH3 is 2. The minimum Gasteiger partial charge on any atom is -0.497 e. The summed E-state index contributed by atoms with van der Waals surface area (Å²) >= 11 is 0. The largest absolute Gasteiger partial charge is 0.497 e. The van der Waals surface area contributed by atoms with Crippen LogP contribution in [-0.4, -0.2) is 38.0 Å². The van der Waals surface area contributed by atoms with Crippen LogP contribution in [0.15, 0.2) is 46.8 Å². The molecule has 1 aromatic carbocycles. The van der Waals surface area contributed by atoms with Gasteiger partial charge in [0.2, 0.25) is 0 Å². The second-order valence-electron chi connectivity index (χ2n) is 8.27. The Hall–Kier alpha value is -3.09. The molecule has 166 valence electrons. The van der Waals surface area contributed by atoms with Gasteiger partial charge < -0.3 is 19.5 Å². The van der Waals surface area contributed by atoms with Crippen LogP contribution in [0.2, 0.25) is 0 Å². The van der Waals surface area contributed by atoms with Gasteiger partial charge in [-0.05, 0) is 50.8 Å². The van der Waals surface area contributed by atoms with E-state index in [0.29, 0.717) is 29.0 Å². The van der Waals surface area contributed by atoms with E-state index in [2.05, 4.69) is 5.32 Å². The molecule has 0 saturated carbocycles. The summed E-state index contributed by atoms with van der Waals surface area (Å²) in [4.78, 5) is 39.1. The Balaban J connectivity index is 2.20. The third kappa shape index (κ3) is 4.22. The van der Waals surface area contributed by atoms with E-state index in [0.717, 1.165) is 11.3 Å². The highest BCUT2D eigenvalue weighted by Crippen LogP contribution is 2.46. The van der Waals surface area contributed by atoms with Crippen molar-refractivity contribution < 1.29 is 28.6 Å². The molecular weight excluding hydrogens is 398 g/mol. The van der Waals surface area contributed by atoms with Gasteiger partial charge in [-0.15, -0.1) is 0 Å². The van der Waals surface area contributed by atoms with Crippen molar-refractivity contribution in [1.29, 1.82) is 0 Å². The van der Waals surface area contributed by atoms with Crippen molar-refractivity contribution >= 4 is 17.7 Å². The fourth-order valence-electron chi connectivity index (χ4n) is 4.38. The van der Waals surface area contributed by atoms with E-state index in [1.807, 2.05) is 19.1 Å². The zero-order valence-electron chi connectivity index (χ0n) is 18.8. The molecule has 1 aliphatic heterocycles. The molecule has 0 bridgehead atoms. The number of esters is 2. The molecule has 7 heteroatoms. The summed E-state index contributed by atoms with van der Waals surface area (Å²) in [5.74, 6) is -2.61. The molecule has 1 heterocycles. The van der Waals surface area contributed by atoms with Gasteiger partial charge in [-0.2, -0.15) is 0 Å². The minimum absolute atomic E-state index is 0.228. The molecule has 2 aliphatic rings. The molecule has 1 aromatic rings. The minimum atomic E-state index is -0.917. The Kier molecular flexibility index (Phi) is 6.53. The highest BCUT2D eigenvalue weighted by Gasteiger charge is 2.47. The molecule has 0 fully saturated rings. The van der Waals surface area contributed by atoms with Gasteiger partial charge in [0, 0.05) is 22.9 Å². The molecule has 0 radical (unpaired) electrons. The van der Waals surface area contributed by atoms with E-state index >= 15 is 0 Å². The van der Waals surface area contributed by atoms with Gasteiger partial charge in [-0.1, -0.05) is 19.1 Å². The molecule has 1 aliphatic carbocycles. The first-order valence-corrected chi connectivity index (χ1v) is 10.4. The standard InChI is InChI=1S/C24H29NO6/c1-12(2)31-24(28)19-14(4)25-17-10-13(3)18(23(27)30-6)22(26)21(17)20(19)15-8-7-9-16(11-15)29-5/h7-9,11-13,18,20,25H,10H2,1-6H3/t13-,18-,20+/m0/s1. The molecular formula is C24H29NO6. The fraction of sp³-hybridized carbons (Fsp3) is 0.458. The molecule has 7 nitrogen and oxygen atoms in total. The molecule has 0 amide bonds. The van der Waals surface area contributed by atoms with Gasteiger partial charge in [0.05, 0.1) is 25.9 Å². The number of allylic oxidation sites excluding steroid dienone is 3. The van der Waals surface area contributed by atoms with E-state index in [-0.39, 0.29) is 17.8 Å². The summed E-state index contributed by atoms with van der Waals surface area (Å²) in [6, 6.07) is 7.25. The van der Waals surface area contributed by atoms with Crippen molar-refractivity contribution in [3.05, 3.63) is 52.4 Å². The smallest absolute Gasteiger partial charge is 0.337 e. The van der Waals surface area contributed by atoms with E-state index in [1.165, 1.54) is 7.11 Å². The van der Waals surface area contributed by atoms with Crippen molar-refractivity contribution in [3.63, 3.8) is 0 Å². The summed E-state index contributed by atoms with van der Waals surface area (Å²) < 4.78 is 15.8. The van der Waals surface area contributed by atoms with Gasteiger partial charge in [-0.25, -0.2) is 4.79 Å². The Morgan fingerprint density at radius 3 is 2.52 bits per heavy atom. The molecule has 0 saturated heterocycles. The highest BCUT2D eigenvalue weighted by molar-refractivity contribution is 6.12. The van der Waals surface area contributed by atoms with Crippen LogP contribution in [0, 0.1) is 11.8 Å². The number of Topliss-reactive ketones (excluding diaryl/α,β-unsaturated/α-hetero) is 1. The zero-order chi connectivity index (χ0) is 22.9. The number of rotatable bonds is 5. The van der Waals surface area contributed by atoms with Crippen LogP contribution in [0.3, 0.4) is 0 Å².